The molecular formula is C14H12N2O3. The molecule has 0 unspecified atom stereocenters. The molecule has 0 spiro atoms. The Bertz CT molecular complexity index is 723. The fourth-order valence-corrected chi connectivity index (χ4v) is 1.58. The molecule has 0 aliphatic carbocycles. The van der Waals surface area contributed by atoms with Crippen LogP contribution in [0.15, 0.2) is 29.3 Å². The standard InChI is InChI=1S/C14H12N2O3/c1-2-19-13(17)5-3-4-10-6-7-11-12(8-10)15-9-16-14(11)18/h6-9H,2,5H2,1H3,(H,15,16,18). The van der Waals surface area contributed by atoms with Crippen LogP contribution in [0, 0.1) is 11.8 Å². The smallest absolute Gasteiger partial charge is 0.317 e. The normalized spacial score (nSPS) is 9.74. The van der Waals surface area contributed by atoms with Crippen LogP contribution in [-0.2, 0) is 9.53 Å². The van der Waals surface area contributed by atoms with E-state index in [0.717, 1.165) is 0 Å². The fourth-order valence-electron chi connectivity index (χ4n) is 1.58. The molecule has 5 nitrogen and oxygen atoms in total. The Balaban J connectivity index is 2.21. The van der Waals surface area contributed by atoms with Crippen molar-refractivity contribution in [3.8, 4) is 11.8 Å². The van der Waals surface area contributed by atoms with Crippen molar-refractivity contribution >= 4 is 16.9 Å². The van der Waals surface area contributed by atoms with Gasteiger partial charge in [-0.15, -0.1) is 0 Å². The molecule has 1 aromatic heterocycles. The highest BCUT2D eigenvalue weighted by Gasteiger charge is 2.00. The van der Waals surface area contributed by atoms with Gasteiger partial charge in [-0.1, -0.05) is 11.8 Å². The molecule has 1 aromatic carbocycles. The average Bonchev–Trinajstić information content (AvgIpc) is 2.39. The van der Waals surface area contributed by atoms with Crippen LogP contribution in [0.3, 0.4) is 0 Å². The lowest BCUT2D eigenvalue weighted by Crippen LogP contribution is -2.05. The zero-order valence-corrected chi connectivity index (χ0v) is 10.4. The molecule has 96 valence electrons. The summed E-state index contributed by atoms with van der Waals surface area (Å²) < 4.78 is 4.77. The van der Waals surface area contributed by atoms with Gasteiger partial charge in [-0.3, -0.25) is 9.59 Å². The van der Waals surface area contributed by atoms with Gasteiger partial charge >= 0.3 is 5.97 Å². The van der Waals surface area contributed by atoms with E-state index in [9.17, 15) is 9.59 Å². The van der Waals surface area contributed by atoms with Crippen LogP contribution in [0.5, 0.6) is 0 Å². The predicted molar refractivity (Wildman–Crippen MR) is 70.5 cm³/mol. The topological polar surface area (TPSA) is 72.1 Å². The molecule has 0 amide bonds. The van der Waals surface area contributed by atoms with Crippen molar-refractivity contribution in [2.24, 2.45) is 0 Å². The molecule has 0 bridgehead atoms. The van der Waals surface area contributed by atoms with Crippen LogP contribution in [0.4, 0.5) is 0 Å². The third kappa shape index (κ3) is 3.19. The number of carbonyl (C=O) groups excluding carboxylic acids is 1. The zero-order valence-electron chi connectivity index (χ0n) is 10.4. The van der Waals surface area contributed by atoms with Crippen LogP contribution in [0.2, 0.25) is 0 Å². The summed E-state index contributed by atoms with van der Waals surface area (Å²) in [5, 5.41) is 0.512. The number of ether oxygens (including phenoxy) is 1. The minimum Gasteiger partial charge on any atom is -0.465 e. The van der Waals surface area contributed by atoms with Gasteiger partial charge in [0.25, 0.3) is 5.56 Å². The number of rotatable bonds is 2. The van der Waals surface area contributed by atoms with Gasteiger partial charge in [0.2, 0.25) is 0 Å². The summed E-state index contributed by atoms with van der Waals surface area (Å²) >= 11 is 0. The Morgan fingerprint density at radius 3 is 3.11 bits per heavy atom. The molecular weight excluding hydrogens is 244 g/mol. The number of aromatic amines is 1. The first-order valence-electron chi connectivity index (χ1n) is 5.82. The maximum Gasteiger partial charge on any atom is 0.317 e. The Kier molecular flexibility index (Phi) is 3.94. The van der Waals surface area contributed by atoms with Gasteiger partial charge in [0.1, 0.15) is 6.42 Å². The summed E-state index contributed by atoms with van der Waals surface area (Å²) in [6, 6.07) is 5.09. The molecule has 0 saturated heterocycles. The highest BCUT2D eigenvalue weighted by Crippen LogP contribution is 2.08. The molecule has 1 heterocycles. The third-order valence-electron chi connectivity index (χ3n) is 2.41. The number of carbonyl (C=O) groups is 1. The predicted octanol–water partition coefficient (Wildman–Crippen LogP) is 1.23. The maximum absolute atomic E-state index is 11.5. The Morgan fingerprint density at radius 2 is 2.32 bits per heavy atom. The number of benzene rings is 1. The van der Waals surface area contributed by atoms with Crippen LogP contribution in [-0.4, -0.2) is 22.5 Å². The second-order valence-corrected chi connectivity index (χ2v) is 3.75. The summed E-state index contributed by atoms with van der Waals surface area (Å²) in [6.07, 6.45) is 1.40. The maximum atomic E-state index is 11.5. The number of fused-ring (bicyclic) bond motifs is 1. The van der Waals surface area contributed by atoms with Crippen molar-refractivity contribution in [2.45, 2.75) is 13.3 Å². The largest absolute Gasteiger partial charge is 0.465 e. The highest BCUT2D eigenvalue weighted by atomic mass is 16.5. The minimum absolute atomic E-state index is 0.0503. The Morgan fingerprint density at radius 1 is 1.47 bits per heavy atom. The Labute approximate surface area is 109 Å². The van der Waals surface area contributed by atoms with E-state index < -0.39 is 0 Å². The number of H-pyrrole nitrogens is 1. The van der Waals surface area contributed by atoms with Crippen molar-refractivity contribution < 1.29 is 9.53 Å². The van der Waals surface area contributed by atoms with E-state index in [-0.39, 0.29) is 17.9 Å². The molecule has 0 atom stereocenters. The lowest BCUT2D eigenvalue weighted by molar-refractivity contribution is -0.141. The summed E-state index contributed by atoms with van der Waals surface area (Å²) in [5.41, 5.74) is 1.10. The van der Waals surface area contributed by atoms with Crippen molar-refractivity contribution in [3.63, 3.8) is 0 Å². The third-order valence-corrected chi connectivity index (χ3v) is 2.41. The van der Waals surface area contributed by atoms with Crippen LogP contribution in [0.1, 0.15) is 18.9 Å². The first-order valence-corrected chi connectivity index (χ1v) is 5.82. The van der Waals surface area contributed by atoms with Gasteiger partial charge < -0.3 is 9.72 Å². The average molecular weight is 256 g/mol. The number of aromatic nitrogens is 2. The molecule has 2 rings (SSSR count). The number of nitrogens with zero attached hydrogens (tertiary/aromatic N) is 1. The summed E-state index contributed by atoms with van der Waals surface area (Å²) in [5.74, 6) is 5.23. The van der Waals surface area contributed by atoms with Gasteiger partial charge in [-0.05, 0) is 25.1 Å². The number of esters is 1. The van der Waals surface area contributed by atoms with Crippen molar-refractivity contribution in [3.05, 3.63) is 40.4 Å². The number of hydrogen-bond donors (Lipinski definition) is 1. The molecule has 0 aliphatic rings. The van der Waals surface area contributed by atoms with Gasteiger partial charge in [-0.25, -0.2) is 4.98 Å². The van der Waals surface area contributed by atoms with Gasteiger partial charge in [0, 0.05) is 5.56 Å². The molecule has 19 heavy (non-hydrogen) atoms. The van der Waals surface area contributed by atoms with E-state index in [0.29, 0.717) is 23.1 Å². The van der Waals surface area contributed by atoms with Gasteiger partial charge in [-0.2, -0.15) is 0 Å². The molecule has 0 aliphatic heterocycles. The lowest BCUT2D eigenvalue weighted by Gasteiger charge is -1.96. The monoisotopic (exact) mass is 256 g/mol. The molecule has 5 heteroatoms. The SMILES string of the molecule is CCOC(=O)CC#Cc1ccc2c(=O)[nH]cnc2c1. The quantitative estimate of drug-likeness (QED) is 0.648. The van der Waals surface area contributed by atoms with Crippen molar-refractivity contribution in [2.75, 3.05) is 6.61 Å². The lowest BCUT2D eigenvalue weighted by atomic mass is 10.1. The second kappa shape index (κ2) is 5.83. The molecule has 0 radical (unpaired) electrons. The van der Waals surface area contributed by atoms with E-state index in [1.807, 2.05) is 0 Å². The van der Waals surface area contributed by atoms with E-state index in [2.05, 4.69) is 21.8 Å². The van der Waals surface area contributed by atoms with Crippen molar-refractivity contribution in [1.29, 1.82) is 0 Å². The Hall–Kier alpha value is -2.61. The molecule has 1 N–H and O–H groups in total. The van der Waals surface area contributed by atoms with Crippen LogP contribution >= 0.6 is 0 Å². The fraction of sp³-hybridized carbons (Fsp3) is 0.214. The van der Waals surface area contributed by atoms with E-state index in [4.69, 9.17) is 4.74 Å². The zero-order chi connectivity index (χ0) is 13.7. The molecule has 0 fully saturated rings. The van der Waals surface area contributed by atoms with Crippen molar-refractivity contribution in [1.82, 2.24) is 9.97 Å². The van der Waals surface area contributed by atoms with E-state index in [1.165, 1.54) is 6.33 Å². The van der Waals surface area contributed by atoms with E-state index in [1.54, 1.807) is 25.1 Å². The highest BCUT2D eigenvalue weighted by molar-refractivity contribution is 5.79. The van der Waals surface area contributed by atoms with Gasteiger partial charge in [0.05, 0.1) is 23.8 Å². The first-order chi connectivity index (χ1) is 9.20. The number of hydrogen-bond acceptors (Lipinski definition) is 4. The van der Waals surface area contributed by atoms with Crippen LogP contribution in [0.25, 0.3) is 10.9 Å². The second-order valence-electron chi connectivity index (χ2n) is 3.75. The molecule has 0 saturated carbocycles. The van der Waals surface area contributed by atoms with Crippen LogP contribution < -0.4 is 5.56 Å². The first kappa shape index (κ1) is 12.8. The molecule has 2 aromatic rings. The number of nitrogens with one attached hydrogen (secondary N) is 1. The van der Waals surface area contributed by atoms with E-state index >= 15 is 0 Å². The summed E-state index contributed by atoms with van der Waals surface area (Å²) in [6.45, 7) is 2.10. The summed E-state index contributed by atoms with van der Waals surface area (Å²) in [4.78, 5) is 29.1. The minimum atomic E-state index is -0.342. The summed E-state index contributed by atoms with van der Waals surface area (Å²) in [7, 11) is 0. The van der Waals surface area contributed by atoms with Gasteiger partial charge in [0.15, 0.2) is 0 Å².